The summed E-state index contributed by atoms with van der Waals surface area (Å²) in [6.45, 7) is 12.2. The third kappa shape index (κ3) is 4.34. The van der Waals surface area contributed by atoms with Crippen LogP contribution in [-0.4, -0.2) is 52.3 Å². The minimum absolute atomic E-state index is 0.0103. The molecule has 2 aromatic carbocycles. The molecule has 35 heavy (non-hydrogen) atoms. The molecule has 0 amide bonds. The average molecular weight is 501 g/mol. The van der Waals surface area contributed by atoms with E-state index in [1.165, 1.54) is 39.5 Å². The van der Waals surface area contributed by atoms with Gasteiger partial charge in [0.25, 0.3) is 0 Å². The Morgan fingerprint density at radius 1 is 0.943 bits per heavy atom. The normalized spacial score (nSPS) is 14.2. The minimum atomic E-state index is -2.28. The second-order valence-electron chi connectivity index (χ2n) is 10.0. The first kappa shape index (κ1) is 26.4. The number of carbonyl (C=O) groups is 3. The van der Waals surface area contributed by atoms with Gasteiger partial charge >= 0.3 is 5.97 Å². The summed E-state index contributed by atoms with van der Waals surface area (Å²) in [5.74, 6) is -2.12. The fourth-order valence-corrected chi connectivity index (χ4v) is 5.37. The van der Waals surface area contributed by atoms with Crippen molar-refractivity contribution in [2.45, 2.75) is 51.9 Å². The Hall–Kier alpha value is -3.17. The van der Waals surface area contributed by atoms with Crippen molar-refractivity contribution in [2.75, 3.05) is 21.3 Å². The zero-order valence-corrected chi connectivity index (χ0v) is 22.6. The molecule has 0 spiro atoms. The van der Waals surface area contributed by atoms with Crippen molar-refractivity contribution in [3.8, 4) is 17.2 Å². The van der Waals surface area contributed by atoms with Crippen molar-refractivity contribution >= 4 is 25.9 Å². The lowest BCUT2D eigenvalue weighted by Crippen LogP contribution is -2.41. The summed E-state index contributed by atoms with van der Waals surface area (Å²) in [7, 11) is 1.65. The number of ketones is 2. The number of hydrogen-bond donors (Lipinski definition) is 1. The number of methoxy groups -OCH3 is 3. The summed E-state index contributed by atoms with van der Waals surface area (Å²) in [5.41, 5.74) is 0.188. The maximum absolute atomic E-state index is 13.6. The van der Waals surface area contributed by atoms with Crippen LogP contribution in [0.1, 0.15) is 81.6 Å². The Bertz CT molecular complexity index is 1220. The van der Waals surface area contributed by atoms with Crippen molar-refractivity contribution in [1.29, 1.82) is 0 Å². The van der Waals surface area contributed by atoms with Crippen LogP contribution in [0.25, 0.3) is 0 Å². The molecule has 8 nitrogen and oxygen atoms in total. The van der Waals surface area contributed by atoms with Gasteiger partial charge in [0.15, 0.2) is 14.1 Å². The molecular weight excluding hydrogens is 468 g/mol. The van der Waals surface area contributed by atoms with Gasteiger partial charge in [-0.25, -0.2) is 4.79 Å². The molecule has 1 aliphatic carbocycles. The third-order valence-electron chi connectivity index (χ3n) is 6.89. The molecule has 0 aliphatic heterocycles. The second kappa shape index (κ2) is 9.12. The smallest absolute Gasteiger partial charge is 0.342 e. The zero-order chi connectivity index (χ0) is 26.5. The fraction of sp³-hybridized carbons (Fsp3) is 0.423. The summed E-state index contributed by atoms with van der Waals surface area (Å²) in [6, 6.07) is 4.17. The topological polar surface area (TPSA) is 108 Å². The predicted molar refractivity (Wildman–Crippen MR) is 133 cm³/mol. The number of hydrogen-bond acceptors (Lipinski definition) is 8. The number of fused-ring (bicyclic) bond motifs is 2. The van der Waals surface area contributed by atoms with E-state index in [9.17, 15) is 19.5 Å². The van der Waals surface area contributed by atoms with Crippen molar-refractivity contribution in [1.82, 2.24) is 0 Å². The molecule has 1 atom stereocenters. The van der Waals surface area contributed by atoms with E-state index in [1.54, 1.807) is 6.92 Å². The number of phenols is 1. The summed E-state index contributed by atoms with van der Waals surface area (Å²) in [6.07, 6.45) is -0.604. The number of ether oxygens (including phenoxy) is 3. The van der Waals surface area contributed by atoms with Crippen LogP contribution in [-0.2, 0) is 9.16 Å². The van der Waals surface area contributed by atoms with Gasteiger partial charge < -0.3 is 23.7 Å². The summed E-state index contributed by atoms with van der Waals surface area (Å²) >= 11 is 0. The lowest BCUT2D eigenvalue weighted by atomic mass is 9.80. The maximum Gasteiger partial charge on any atom is 0.342 e. The molecule has 0 unspecified atom stereocenters. The molecule has 1 aliphatic rings. The number of rotatable bonds is 6. The Morgan fingerprint density at radius 2 is 1.54 bits per heavy atom. The van der Waals surface area contributed by atoms with Gasteiger partial charge in [-0.1, -0.05) is 20.8 Å². The molecule has 1 N–H and O–H groups in total. The highest BCUT2D eigenvalue weighted by molar-refractivity contribution is 6.74. The number of esters is 1. The van der Waals surface area contributed by atoms with E-state index < -0.39 is 37.7 Å². The number of aromatic hydroxyl groups is 1. The quantitative estimate of drug-likeness (QED) is 0.370. The van der Waals surface area contributed by atoms with Crippen molar-refractivity contribution in [3.63, 3.8) is 0 Å². The Kier molecular flexibility index (Phi) is 6.89. The van der Waals surface area contributed by atoms with E-state index in [0.717, 1.165) is 0 Å². The van der Waals surface area contributed by atoms with Gasteiger partial charge in [-0.3, -0.25) is 9.59 Å². The molecule has 0 radical (unpaired) electrons. The van der Waals surface area contributed by atoms with Crippen LogP contribution in [0.4, 0.5) is 0 Å². The Balaban J connectivity index is 2.33. The molecule has 0 saturated carbocycles. The molecule has 0 aromatic heterocycles. The van der Waals surface area contributed by atoms with Gasteiger partial charge in [0, 0.05) is 17.2 Å². The fourth-order valence-electron chi connectivity index (χ4n) is 4.01. The van der Waals surface area contributed by atoms with E-state index in [1.807, 2.05) is 0 Å². The van der Waals surface area contributed by atoms with Crippen LogP contribution >= 0.6 is 0 Å². The Morgan fingerprint density at radius 3 is 2.06 bits per heavy atom. The van der Waals surface area contributed by atoms with Crippen molar-refractivity contribution < 1.29 is 38.1 Å². The third-order valence-corrected chi connectivity index (χ3v) is 11.4. The molecule has 0 fully saturated rings. The van der Waals surface area contributed by atoms with E-state index in [0.29, 0.717) is 5.56 Å². The van der Waals surface area contributed by atoms with Crippen molar-refractivity contribution in [3.05, 3.63) is 51.6 Å². The molecule has 188 valence electrons. The van der Waals surface area contributed by atoms with Crippen LogP contribution in [0.15, 0.2) is 18.2 Å². The SMILES string of the molecule is COC(=O)c1c([C@H](C)O[Si](C)(C)C(C)(C)C)cc2c(c1OC)C(=O)c1c(O)cc(OC)cc1C2=O. The van der Waals surface area contributed by atoms with Gasteiger partial charge in [-0.15, -0.1) is 0 Å². The summed E-state index contributed by atoms with van der Waals surface area (Å²) in [4.78, 5) is 40.1. The lowest BCUT2D eigenvalue weighted by molar-refractivity contribution is 0.0590. The number of phenolic OH excluding ortho intramolecular Hbond substituents is 1. The van der Waals surface area contributed by atoms with E-state index in [4.69, 9.17) is 18.6 Å². The van der Waals surface area contributed by atoms with Gasteiger partial charge in [0.2, 0.25) is 5.78 Å². The minimum Gasteiger partial charge on any atom is -0.507 e. The predicted octanol–water partition coefficient (Wildman–Crippen LogP) is 5.05. The van der Waals surface area contributed by atoms with Gasteiger partial charge in [0.1, 0.15) is 22.8 Å². The lowest BCUT2D eigenvalue weighted by Gasteiger charge is -2.39. The zero-order valence-electron chi connectivity index (χ0n) is 21.6. The van der Waals surface area contributed by atoms with Crippen LogP contribution in [0.3, 0.4) is 0 Å². The van der Waals surface area contributed by atoms with Crippen molar-refractivity contribution in [2.24, 2.45) is 0 Å². The summed E-state index contributed by atoms with van der Waals surface area (Å²) < 4.78 is 22.3. The molecule has 0 bridgehead atoms. The van der Waals surface area contributed by atoms with Crippen LogP contribution < -0.4 is 9.47 Å². The first-order valence-electron chi connectivity index (χ1n) is 11.2. The van der Waals surface area contributed by atoms with E-state index in [-0.39, 0.29) is 44.4 Å². The highest BCUT2D eigenvalue weighted by Crippen LogP contribution is 2.45. The van der Waals surface area contributed by atoms with E-state index >= 15 is 0 Å². The monoisotopic (exact) mass is 500 g/mol. The largest absolute Gasteiger partial charge is 0.507 e. The molecule has 0 heterocycles. The Labute approximate surface area is 206 Å². The number of carbonyl (C=O) groups excluding carboxylic acids is 3. The highest BCUT2D eigenvalue weighted by Gasteiger charge is 2.42. The standard InChI is InChI=1S/C26H32O8Si/c1-13(34-35(8,9)26(2,3)4)15-12-17-20(24(32-6)21(15)25(30)33-7)23(29)19-16(22(17)28)10-14(31-5)11-18(19)27/h10-13,27H,1-9H3/t13-/m0/s1. The summed E-state index contributed by atoms with van der Waals surface area (Å²) in [5, 5.41) is 10.4. The van der Waals surface area contributed by atoms with Crippen LogP contribution in [0.2, 0.25) is 18.1 Å². The first-order chi connectivity index (χ1) is 16.2. The second-order valence-corrected chi connectivity index (χ2v) is 14.8. The van der Waals surface area contributed by atoms with Gasteiger partial charge in [0.05, 0.1) is 38.6 Å². The van der Waals surface area contributed by atoms with Gasteiger partial charge in [-0.05, 0) is 42.8 Å². The van der Waals surface area contributed by atoms with Crippen LogP contribution in [0.5, 0.6) is 17.2 Å². The molecular formula is C26H32O8Si. The molecule has 0 saturated heterocycles. The highest BCUT2D eigenvalue weighted by atomic mass is 28.4. The average Bonchev–Trinajstić information content (AvgIpc) is 2.78. The molecule has 9 heteroatoms. The van der Waals surface area contributed by atoms with E-state index in [2.05, 4.69) is 33.9 Å². The van der Waals surface area contributed by atoms with Crippen LogP contribution in [0, 0.1) is 0 Å². The molecule has 3 rings (SSSR count). The number of benzene rings is 2. The molecule has 2 aromatic rings. The first-order valence-corrected chi connectivity index (χ1v) is 14.1. The van der Waals surface area contributed by atoms with Gasteiger partial charge in [-0.2, -0.15) is 0 Å². The maximum atomic E-state index is 13.6.